The van der Waals surface area contributed by atoms with Gasteiger partial charge < -0.3 is 14.8 Å². The van der Waals surface area contributed by atoms with Gasteiger partial charge in [-0.05, 0) is 37.5 Å². The van der Waals surface area contributed by atoms with Crippen molar-refractivity contribution in [3.63, 3.8) is 0 Å². The molecule has 0 radical (unpaired) electrons. The molecule has 0 spiro atoms. The lowest BCUT2D eigenvalue weighted by atomic mass is 10.0. The van der Waals surface area contributed by atoms with E-state index in [0.717, 1.165) is 49.1 Å². The van der Waals surface area contributed by atoms with Crippen molar-refractivity contribution in [1.29, 1.82) is 0 Å². The Morgan fingerprint density at radius 2 is 1.78 bits per heavy atom. The second-order valence-electron chi connectivity index (χ2n) is 7.25. The van der Waals surface area contributed by atoms with Crippen LogP contribution in [0.3, 0.4) is 0 Å². The number of rotatable bonds is 5. The molecule has 2 amide bonds. The van der Waals surface area contributed by atoms with Gasteiger partial charge in [0.25, 0.3) is 5.91 Å². The normalized spacial score (nSPS) is 15.4. The van der Waals surface area contributed by atoms with Gasteiger partial charge in [0, 0.05) is 44.1 Å². The van der Waals surface area contributed by atoms with Gasteiger partial charge in [-0.25, -0.2) is 4.98 Å². The number of amides is 2. The zero-order chi connectivity index (χ0) is 19.4. The molecule has 2 aromatic rings. The molecule has 0 bridgehead atoms. The van der Waals surface area contributed by atoms with Crippen LogP contribution in [-0.2, 0) is 11.2 Å². The topological polar surface area (TPSA) is 69.3 Å². The molecule has 1 aromatic carbocycles. The first kappa shape index (κ1) is 19.4. The Morgan fingerprint density at radius 3 is 2.48 bits per heavy atom. The predicted molar refractivity (Wildman–Crippen MR) is 107 cm³/mol. The fourth-order valence-electron chi connectivity index (χ4n) is 3.78. The quantitative estimate of drug-likeness (QED) is 0.878. The summed E-state index contributed by atoms with van der Waals surface area (Å²) in [6.07, 6.45) is 3.41. The maximum atomic E-state index is 13.0. The highest BCUT2D eigenvalue weighted by Crippen LogP contribution is 2.18. The lowest BCUT2D eigenvalue weighted by Crippen LogP contribution is -2.39. The van der Waals surface area contributed by atoms with Gasteiger partial charge in [-0.15, -0.1) is 0 Å². The lowest BCUT2D eigenvalue weighted by Gasteiger charge is -2.25. The average molecular weight is 370 g/mol. The number of benzene rings is 1. The first-order valence-electron chi connectivity index (χ1n) is 10.1. The fraction of sp³-hybridized carbons (Fsp3) is 0.571. The summed E-state index contributed by atoms with van der Waals surface area (Å²) in [7, 11) is 0. The molecule has 3 rings (SSSR count). The van der Waals surface area contributed by atoms with Crippen LogP contribution in [-0.4, -0.2) is 57.8 Å². The standard InChI is InChI=1S/C21H30N4O2/c1-4-15(5-2)20(26)24-10-7-11-25(13-12-24)21(27)16-8-9-17-18(14-16)23-19(6-3)22-17/h8-9,14-15H,4-7,10-13H2,1-3H3,(H,22,23). The molecular formula is C21H30N4O2. The number of aromatic amines is 1. The monoisotopic (exact) mass is 370 g/mol. The number of fused-ring (bicyclic) bond motifs is 1. The van der Waals surface area contributed by atoms with E-state index in [1.807, 2.05) is 28.0 Å². The highest BCUT2D eigenvalue weighted by Gasteiger charge is 2.26. The number of hydrogen-bond acceptors (Lipinski definition) is 3. The Bertz CT molecular complexity index is 810. The smallest absolute Gasteiger partial charge is 0.253 e. The molecule has 2 heterocycles. The predicted octanol–water partition coefficient (Wildman–Crippen LogP) is 3.24. The summed E-state index contributed by atoms with van der Waals surface area (Å²) in [6, 6.07) is 5.64. The molecule has 146 valence electrons. The third-order valence-corrected chi connectivity index (χ3v) is 5.54. The maximum absolute atomic E-state index is 13.0. The number of nitrogens with one attached hydrogen (secondary N) is 1. The summed E-state index contributed by atoms with van der Waals surface area (Å²) in [6.45, 7) is 8.81. The third kappa shape index (κ3) is 4.15. The fourth-order valence-corrected chi connectivity index (χ4v) is 3.78. The minimum absolute atomic E-state index is 0.0291. The molecule has 0 unspecified atom stereocenters. The molecule has 6 heteroatoms. The first-order valence-corrected chi connectivity index (χ1v) is 10.1. The second kappa shape index (κ2) is 8.55. The van der Waals surface area contributed by atoms with Crippen LogP contribution in [0.15, 0.2) is 18.2 Å². The van der Waals surface area contributed by atoms with E-state index in [1.165, 1.54) is 0 Å². The largest absolute Gasteiger partial charge is 0.342 e. The van der Waals surface area contributed by atoms with E-state index in [0.29, 0.717) is 25.2 Å². The van der Waals surface area contributed by atoms with E-state index >= 15 is 0 Å². The second-order valence-corrected chi connectivity index (χ2v) is 7.25. The van der Waals surface area contributed by atoms with Crippen LogP contribution in [0.5, 0.6) is 0 Å². The van der Waals surface area contributed by atoms with Gasteiger partial charge in [0.2, 0.25) is 5.91 Å². The summed E-state index contributed by atoms with van der Waals surface area (Å²) in [5, 5.41) is 0. The van der Waals surface area contributed by atoms with Gasteiger partial charge in [0.1, 0.15) is 5.82 Å². The van der Waals surface area contributed by atoms with Gasteiger partial charge in [-0.1, -0.05) is 20.8 Å². The Hall–Kier alpha value is -2.37. The van der Waals surface area contributed by atoms with Gasteiger partial charge in [0.15, 0.2) is 0 Å². The molecule has 1 aliphatic rings. The SMILES string of the molecule is CCc1nc2ccc(C(=O)N3CCCN(C(=O)C(CC)CC)CC3)cc2[nH]1. The van der Waals surface area contributed by atoms with Crippen molar-refractivity contribution in [3.8, 4) is 0 Å². The highest BCUT2D eigenvalue weighted by molar-refractivity contribution is 5.97. The van der Waals surface area contributed by atoms with Crippen LogP contribution < -0.4 is 0 Å². The number of imidazole rings is 1. The molecule has 0 aliphatic carbocycles. The Labute approximate surface area is 160 Å². The van der Waals surface area contributed by atoms with E-state index in [1.54, 1.807) is 0 Å². The molecule has 1 N–H and O–H groups in total. The van der Waals surface area contributed by atoms with E-state index in [2.05, 4.69) is 30.7 Å². The summed E-state index contributed by atoms with van der Waals surface area (Å²) in [5.41, 5.74) is 2.47. The molecule has 27 heavy (non-hydrogen) atoms. The van der Waals surface area contributed by atoms with Crippen molar-refractivity contribution < 1.29 is 9.59 Å². The van der Waals surface area contributed by atoms with Crippen LogP contribution in [0, 0.1) is 5.92 Å². The molecule has 1 saturated heterocycles. The molecule has 0 saturated carbocycles. The molecular weight excluding hydrogens is 340 g/mol. The Kier molecular flexibility index (Phi) is 6.14. The summed E-state index contributed by atoms with van der Waals surface area (Å²) >= 11 is 0. The van der Waals surface area contributed by atoms with Gasteiger partial charge >= 0.3 is 0 Å². The number of aromatic nitrogens is 2. The molecule has 1 fully saturated rings. The van der Waals surface area contributed by atoms with Crippen molar-refractivity contribution in [2.45, 2.75) is 46.5 Å². The lowest BCUT2D eigenvalue weighted by molar-refractivity contribution is -0.135. The number of carbonyl (C=O) groups excluding carboxylic acids is 2. The van der Waals surface area contributed by atoms with Crippen molar-refractivity contribution in [2.75, 3.05) is 26.2 Å². The number of carbonyl (C=O) groups is 2. The van der Waals surface area contributed by atoms with E-state index in [4.69, 9.17) is 0 Å². The van der Waals surface area contributed by atoms with E-state index < -0.39 is 0 Å². The minimum Gasteiger partial charge on any atom is -0.342 e. The van der Waals surface area contributed by atoms with E-state index in [9.17, 15) is 9.59 Å². The number of aryl methyl sites for hydroxylation is 1. The summed E-state index contributed by atoms with van der Waals surface area (Å²) in [5.74, 6) is 1.30. The van der Waals surface area contributed by atoms with Crippen molar-refractivity contribution in [1.82, 2.24) is 19.8 Å². The summed E-state index contributed by atoms with van der Waals surface area (Å²) < 4.78 is 0. The number of nitrogens with zero attached hydrogens (tertiary/aromatic N) is 3. The van der Waals surface area contributed by atoms with Gasteiger partial charge in [0.05, 0.1) is 11.0 Å². The van der Waals surface area contributed by atoms with Crippen molar-refractivity contribution >= 4 is 22.8 Å². The zero-order valence-corrected chi connectivity index (χ0v) is 16.6. The first-order chi connectivity index (χ1) is 13.1. The summed E-state index contributed by atoms with van der Waals surface area (Å²) in [4.78, 5) is 37.2. The van der Waals surface area contributed by atoms with Crippen LogP contribution in [0.25, 0.3) is 11.0 Å². The van der Waals surface area contributed by atoms with Crippen molar-refractivity contribution in [3.05, 3.63) is 29.6 Å². The van der Waals surface area contributed by atoms with Gasteiger partial charge in [-0.3, -0.25) is 9.59 Å². The number of H-pyrrole nitrogens is 1. The molecule has 1 aromatic heterocycles. The average Bonchev–Trinajstić information content (AvgIpc) is 2.95. The Balaban J connectivity index is 1.69. The van der Waals surface area contributed by atoms with Crippen LogP contribution >= 0.6 is 0 Å². The van der Waals surface area contributed by atoms with Crippen LogP contribution in [0.4, 0.5) is 0 Å². The van der Waals surface area contributed by atoms with Crippen molar-refractivity contribution in [2.24, 2.45) is 5.92 Å². The van der Waals surface area contributed by atoms with Crippen LogP contribution in [0.1, 0.15) is 56.2 Å². The molecule has 6 nitrogen and oxygen atoms in total. The minimum atomic E-state index is 0.0291. The van der Waals surface area contributed by atoms with Crippen LogP contribution in [0.2, 0.25) is 0 Å². The maximum Gasteiger partial charge on any atom is 0.253 e. The van der Waals surface area contributed by atoms with E-state index in [-0.39, 0.29) is 17.7 Å². The molecule has 1 aliphatic heterocycles. The highest BCUT2D eigenvalue weighted by atomic mass is 16.2. The van der Waals surface area contributed by atoms with Gasteiger partial charge in [-0.2, -0.15) is 0 Å². The zero-order valence-electron chi connectivity index (χ0n) is 16.6. The number of hydrogen-bond donors (Lipinski definition) is 1. The Morgan fingerprint density at radius 1 is 1.07 bits per heavy atom. The molecule has 0 atom stereocenters. The third-order valence-electron chi connectivity index (χ3n) is 5.54.